The maximum atomic E-state index is 13.2. The van der Waals surface area contributed by atoms with Crippen LogP contribution in [0, 0.1) is 10.1 Å². The van der Waals surface area contributed by atoms with E-state index in [1.807, 2.05) is 0 Å². The Morgan fingerprint density at radius 3 is 1.61 bits per heavy atom. The van der Waals surface area contributed by atoms with Crippen molar-refractivity contribution in [1.82, 2.24) is 10.2 Å². The van der Waals surface area contributed by atoms with Gasteiger partial charge >= 0.3 is 0 Å². The van der Waals surface area contributed by atoms with Gasteiger partial charge in [-0.2, -0.15) is 0 Å². The topological polar surface area (TPSA) is 222 Å². The van der Waals surface area contributed by atoms with E-state index in [0.717, 1.165) is 4.90 Å². The van der Waals surface area contributed by atoms with Crippen LogP contribution in [0.4, 0.5) is 11.4 Å². The Hall–Kier alpha value is -4.60. The molecule has 2 heterocycles. The average Bonchev–Trinajstić information content (AvgIpc) is 3.45. The van der Waals surface area contributed by atoms with Crippen molar-refractivity contribution in [3.63, 3.8) is 0 Å². The Bertz CT molecular complexity index is 1540. The van der Waals surface area contributed by atoms with E-state index in [2.05, 4.69) is 10.6 Å². The molecule has 4 rings (SSSR count). The molecule has 1 fully saturated rings. The van der Waals surface area contributed by atoms with Crippen LogP contribution in [0.25, 0.3) is 0 Å². The largest absolute Gasteiger partial charge is 0.491 e. The number of benzene rings is 2. The van der Waals surface area contributed by atoms with E-state index in [4.69, 9.17) is 42.6 Å². The summed E-state index contributed by atoms with van der Waals surface area (Å²) in [5.74, 6) is -1.65. The molecule has 0 saturated carbocycles. The van der Waals surface area contributed by atoms with Crippen LogP contribution in [0.3, 0.4) is 0 Å². The van der Waals surface area contributed by atoms with Gasteiger partial charge in [0.1, 0.15) is 18.4 Å². The predicted molar refractivity (Wildman–Crippen MR) is 197 cm³/mol. The molecule has 308 valence electrons. The van der Waals surface area contributed by atoms with E-state index in [-0.39, 0.29) is 29.7 Å². The van der Waals surface area contributed by atoms with E-state index in [0.29, 0.717) is 130 Å². The number of carbonyl (C=O) groups is 4. The number of anilines is 1. The smallest absolute Gasteiger partial charge is 0.269 e. The van der Waals surface area contributed by atoms with Crippen molar-refractivity contribution < 1.29 is 66.7 Å². The molecule has 19 heteroatoms. The molecule has 56 heavy (non-hydrogen) atoms. The molecule has 0 aliphatic carbocycles. The number of nitro benzene ring substituents is 1. The number of hydrogen-bond acceptors (Lipinski definition) is 16. The standard InChI is InChI=1S/C37H50N4O15/c42-33-9-8-32(35(43)39-33)40-36(44)30-2-1-3-31(34(30)37(40)45)38-10-11-48-12-13-49-14-15-50-16-17-51-18-19-52-20-21-53-22-23-54-24-25-55-26-27-56-29-6-4-28(5-7-29)41(46)47/h1-7,32,38H,8-27H2,(H,39,42,43). The second-order valence-corrected chi connectivity index (χ2v) is 12.1. The van der Waals surface area contributed by atoms with Crippen molar-refractivity contribution >= 4 is 35.0 Å². The van der Waals surface area contributed by atoms with Crippen LogP contribution >= 0.6 is 0 Å². The Morgan fingerprint density at radius 1 is 0.643 bits per heavy atom. The fraction of sp³-hybridized carbons (Fsp3) is 0.568. The maximum absolute atomic E-state index is 13.2. The Morgan fingerprint density at radius 2 is 1.12 bits per heavy atom. The number of nitrogens with zero attached hydrogens (tertiary/aromatic N) is 2. The van der Waals surface area contributed by atoms with Crippen molar-refractivity contribution in [2.24, 2.45) is 0 Å². The molecule has 2 aliphatic heterocycles. The summed E-state index contributed by atoms with van der Waals surface area (Å²) >= 11 is 0. The van der Waals surface area contributed by atoms with Crippen LogP contribution in [0.5, 0.6) is 5.75 Å². The molecule has 0 aromatic heterocycles. The normalized spacial score (nSPS) is 15.3. The zero-order valence-electron chi connectivity index (χ0n) is 31.3. The third kappa shape index (κ3) is 15.1. The molecule has 0 bridgehead atoms. The highest BCUT2D eigenvalue weighted by molar-refractivity contribution is 6.25. The number of nitrogens with one attached hydrogen (secondary N) is 2. The molecule has 2 aromatic rings. The van der Waals surface area contributed by atoms with E-state index < -0.39 is 34.6 Å². The predicted octanol–water partition coefficient (Wildman–Crippen LogP) is 1.62. The molecule has 0 spiro atoms. The summed E-state index contributed by atoms with van der Waals surface area (Å²) in [6.45, 7) is 7.32. The third-order valence-electron chi connectivity index (χ3n) is 8.18. The van der Waals surface area contributed by atoms with Gasteiger partial charge in [-0.15, -0.1) is 0 Å². The van der Waals surface area contributed by atoms with Crippen LogP contribution < -0.4 is 15.4 Å². The summed E-state index contributed by atoms with van der Waals surface area (Å²) in [6.07, 6.45) is 0.158. The van der Waals surface area contributed by atoms with E-state index >= 15 is 0 Å². The summed E-state index contributed by atoms with van der Waals surface area (Å²) in [5.41, 5.74) is 0.899. The first-order chi connectivity index (χ1) is 27.4. The summed E-state index contributed by atoms with van der Waals surface area (Å²) in [5, 5.41) is 16.0. The van der Waals surface area contributed by atoms with E-state index in [1.165, 1.54) is 12.1 Å². The second kappa shape index (κ2) is 25.5. The number of carbonyl (C=O) groups excluding carboxylic acids is 4. The number of fused-ring (bicyclic) bond motifs is 1. The Kier molecular flexibility index (Phi) is 20.1. The van der Waals surface area contributed by atoms with Gasteiger partial charge in [0.25, 0.3) is 17.5 Å². The molecular formula is C37H50N4O15. The fourth-order valence-corrected chi connectivity index (χ4v) is 5.44. The number of non-ortho nitro benzene ring substituents is 1. The summed E-state index contributed by atoms with van der Waals surface area (Å²) in [6, 6.07) is 9.75. The third-order valence-corrected chi connectivity index (χ3v) is 8.18. The lowest BCUT2D eigenvalue weighted by atomic mass is 10.0. The average molecular weight is 791 g/mol. The number of rotatable bonds is 31. The number of hydrogen-bond donors (Lipinski definition) is 2. The molecule has 2 aliphatic rings. The molecule has 4 amide bonds. The number of amides is 4. The minimum absolute atomic E-state index is 0.0133. The minimum atomic E-state index is -1.02. The van der Waals surface area contributed by atoms with Crippen LogP contribution in [0.15, 0.2) is 42.5 Å². The molecule has 2 aromatic carbocycles. The number of imide groups is 2. The first-order valence-corrected chi connectivity index (χ1v) is 18.4. The molecular weight excluding hydrogens is 740 g/mol. The van der Waals surface area contributed by atoms with Gasteiger partial charge in [0.2, 0.25) is 11.8 Å². The van der Waals surface area contributed by atoms with Crippen molar-refractivity contribution in [2.75, 3.05) is 124 Å². The van der Waals surface area contributed by atoms with Gasteiger partial charge < -0.3 is 47.9 Å². The first kappa shape index (κ1) is 44.1. The van der Waals surface area contributed by atoms with Crippen LogP contribution in [0.2, 0.25) is 0 Å². The molecule has 1 atom stereocenters. The zero-order valence-corrected chi connectivity index (χ0v) is 31.3. The monoisotopic (exact) mass is 790 g/mol. The van der Waals surface area contributed by atoms with E-state index in [1.54, 1.807) is 30.3 Å². The van der Waals surface area contributed by atoms with Crippen molar-refractivity contribution in [3.8, 4) is 5.75 Å². The maximum Gasteiger partial charge on any atom is 0.269 e. The van der Waals surface area contributed by atoms with Gasteiger partial charge in [-0.25, -0.2) is 0 Å². The van der Waals surface area contributed by atoms with Gasteiger partial charge in [-0.3, -0.25) is 39.5 Å². The summed E-state index contributed by atoms with van der Waals surface area (Å²) in [7, 11) is 0. The summed E-state index contributed by atoms with van der Waals surface area (Å²) < 4.78 is 49.3. The molecule has 2 N–H and O–H groups in total. The Labute approximate surface area is 324 Å². The minimum Gasteiger partial charge on any atom is -0.491 e. The van der Waals surface area contributed by atoms with Crippen LogP contribution in [0.1, 0.15) is 33.6 Å². The molecule has 19 nitrogen and oxygen atoms in total. The van der Waals surface area contributed by atoms with Crippen molar-refractivity contribution in [2.45, 2.75) is 18.9 Å². The SMILES string of the molecule is O=C1CCC(N2C(=O)c3cccc(NCCOCCOCCOCCOCCOCCOCCOCCOCCOc4ccc([N+](=O)[O-])cc4)c3C2=O)C(=O)N1. The van der Waals surface area contributed by atoms with Gasteiger partial charge in [0, 0.05) is 30.8 Å². The van der Waals surface area contributed by atoms with Gasteiger partial charge in [0.15, 0.2) is 0 Å². The van der Waals surface area contributed by atoms with Crippen molar-refractivity contribution in [3.05, 3.63) is 63.7 Å². The number of ether oxygens (including phenoxy) is 9. The lowest BCUT2D eigenvalue weighted by Gasteiger charge is -2.27. The molecule has 0 radical (unpaired) electrons. The fourth-order valence-electron chi connectivity index (χ4n) is 5.44. The lowest BCUT2D eigenvalue weighted by Crippen LogP contribution is -2.54. The lowest BCUT2D eigenvalue weighted by molar-refractivity contribution is -0.384. The van der Waals surface area contributed by atoms with Crippen LogP contribution in [-0.2, 0) is 47.5 Å². The Balaban J connectivity index is 0.853. The highest BCUT2D eigenvalue weighted by Gasteiger charge is 2.45. The van der Waals surface area contributed by atoms with Crippen molar-refractivity contribution in [1.29, 1.82) is 0 Å². The summed E-state index contributed by atoms with van der Waals surface area (Å²) in [4.78, 5) is 61.0. The highest BCUT2D eigenvalue weighted by atomic mass is 16.6. The molecule has 1 unspecified atom stereocenters. The quantitative estimate of drug-likeness (QED) is 0.0479. The second-order valence-electron chi connectivity index (χ2n) is 12.1. The van der Waals surface area contributed by atoms with E-state index in [9.17, 15) is 29.3 Å². The molecule has 1 saturated heterocycles. The van der Waals surface area contributed by atoms with Gasteiger partial charge in [-0.05, 0) is 30.7 Å². The first-order valence-electron chi connectivity index (χ1n) is 18.4. The van der Waals surface area contributed by atoms with Crippen LogP contribution in [-0.4, -0.2) is 158 Å². The van der Waals surface area contributed by atoms with Gasteiger partial charge in [0.05, 0.1) is 122 Å². The number of nitro groups is 1. The zero-order chi connectivity index (χ0) is 39.8. The van der Waals surface area contributed by atoms with Gasteiger partial charge in [-0.1, -0.05) is 6.07 Å². The highest BCUT2D eigenvalue weighted by Crippen LogP contribution is 2.32. The number of piperidine rings is 1.